The summed E-state index contributed by atoms with van der Waals surface area (Å²) in [6, 6.07) is 23.9. The first-order valence-electron chi connectivity index (χ1n) is 16.8. The van der Waals surface area contributed by atoms with Crippen molar-refractivity contribution in [3.05, 3.63) is 102 Å². The number of nitrogens with one attached hydrogen (secondary N) is 1. The van der Waals surface area contributed by atoms with E-state index in [-0.39, 0.29) is 16.9 Å². The molecule has 0 bridgehead atoms. The molecule has 5 rings (SSSR count). The summed E-state index contributed by atoms with van der Waals surface area (Å²) in [4.78, 5) is 18.5. The zero-order valence-corrected chi connectivity index (χ0v) is 33.5. The van der Waals surface area contributed by atoms with E-state index in [1.807, 2.05) is 109 Å². The van der Waals surface area contributed by atoms with Gasteiger partial charge in [0.1, 0.15) is 18.4 Å². The molecule has 1 aromatic heterocycles. The summed E-state index contributed by atoms with van der Waals surface area (Å²) in [5.74, 6) is 1.00. The average molecular weight is 769 g/mol. The highest BCUT2D eigenvalue weighted by Crippen LogP contribution is 2.39. The highest BCUT2D eigenvalue weighted by molar-refractivity contribution is 7.86. The molecule has 16 heteroatoms. The number of azo groups is 1. The van der Waals surface area contributed by atoms with Gasteiger partial charge in [-0.3, -0.25) is 14.5 Å². The van der Waals surface area contributed by atoms with Gasteiger partial charge in [-0.1, -0.05) is 84.0 Å². The number of anilines is 1. The molecule has 0 saturated heterocycles. The highest BCUT2D eigenvalue weighted by Gasteiger charge is 2.20. The molecular weight excluding hydrogens is 717 g/mol. The maximum absolute atomic E-state index is 11.7. The van der Waals surface area contributed by atoms with Crippen LogP contribution in [0.4, 0.5) is 28.7 Å². The maximum Gasteiger partial charge on any atom is 0.425 e. The van der Waals surface area contributed by atoms with Gasteiger partial charge in [0, 0.05) is 7.05 Å². The molecule has 0 spiro atoms. The largest absolute Gasteiger partial charge is 0.425 e. The van der Waals surface area contributed by atoms with E-state index in [0.717, 1.165) is 22.3 Å². The molecule has 0 amide bonds. The van der Waals surface area contributed by atoms with Gasteiger partial charge in [0.05, 0.1) is 22.7 Å². The molecule has 0 aliphatic rings. The van der Waals surface area contributed by atoms with Crippen LogP contribution >= 0.6 is 0 Å². The van der Waals surface area contributed by atoms with Crippen LogP contribution in [0.5, 0.6) is 0 Å². The Labute approximate surface area is 316 Å². The molecule has 2 N–H and O–H groups in total. The smallest absolute Gasteiger partial charge is 0.357 e. The topological polar surface area (TPSA) is 206 Å². The Morgan fingerprint density at radius 2 is 1.26 bits per heavy atom. The van der Waals surface area contributed by atoms with Gasteiger partial charge < -0.3 is 5.32 Å². The monoisotopic (exact) mass is 768 g/mol. The molecule has 286 valence electrons. The van der Waals surface area contributed by atoms with Gasteiger partial charge >= 0.3 is 10.6 Å². The molecule has 1 heterocycles. The third kappa shape index (κ3) is 18.5. The summed E-state index contributed by atoms with van der Waals surface area (Å²) < 4.78 is 65.2. The summed E-state index contributed by atoms with van der Waals surface area (Å²) in [6.07, 6.45) is -0.00292. The van der Waals surface area contributed by atoms with E-state index >= 15 is 0 Å². The van der Waals surface area contributed by atoms with Gasteiger partial charge in [-0.05, 0) is 92.5 Å². The van der Waals surface area contributed by atoms with Gasteiger partial charge in [0.2, 0.25) is 5.95 Å². The normalized spacial score (nSPS) is 9.75. The Hall–Kier alpha value is -5.58. The lowest BCUT2D eigenvalue weighted by molar-refractivity contribution is 0.483. The number of hydrogen-bond acceptors (Lipinski definition) is 13. The number of benzene rings is 4. The van der Waals surface area contributed by atoms with Crippen LogP contribution in [0.2, 0.25) is 0 Å². The predicted molar refractivity (Wildman–Crippen MR) is 217 cm³/mol. The van der Waals surface area contributed by atoms with Crippen LogP contribution < -0.4 is 5.32 Å². The molecule has 5 aromatic rings. The molecule has 0 radical (unpaired) electrons. The minimum atomic E-state index is -4.40. The lowest BCUT2D eigenvalue weighted by Gasteiger charge is -2.13. The summed E-state index contributed by atoms with van der Waals surface area (Å²) >= 11 is 0. The van der Waals surface area contributed by atoms with E-state index in [4.69, 9.17) is 14.0 Å². The van der Waals surface area contributed by atoms with Crippen molar-refractivity contribution in [2.45, 2.75) is 67.2 Å². The van der Waals surface area contributed by atoms with E-state index in [1.54, 1.807) is 33.0 Å². The predicted octanol–water partition coefficient (Wildman–Crippen LogP) is 9.77. The molecule has 14 nitrogen and oxygen atoms in total. The van der Waals surface area contributed by atoms with E-state index < -0.39 is 20.7 Å². The molecule has 53 heavy (non-hydrogen) atoms. The summed E-state index contributed by atoms with van der Waals surface area (Å²) in [5, 5.41) is 12.7. The van der Waals surface area contributed by atoms with Gasteiger partial charge in [-0.25, -0.2) is 9.97 Å². The number of para-hydroxylation sites is 1. The molecule has 0 unspecified atom stereocenters. The van der Waals surface area contributed by atoms with Crippen LogP contribution in [0.25, 0.3) is 10.8 Å². The van der Waals surface area contributed by atoms with Crippen molar-refractivity contribution < 1.29 is 27.0 Å². The van der Waals surface area contributed by atoms with E-state index in [9.17, 15) is 13.0 Å². The van der Waals surface area contributed by atoms with Gasteiger partial charge in [-0.15, -0.1) is 12.6 Å². The van der Waals surface area contributed by atoms with Crippen LogP contribution in [-0.2, 0) is 20.7 Å². The summed E-state index contributed by atoms with van der Waals surface area (Å²) in [5.41, 5.74) is 3.91. The van der Waals surface area contributed by atoms with Crippen LogP contribution in [0.1, 0.15) is 59.9 Å². The van der Waals surface area contributed by atoms with E-state index in [1.165, 1.54) is 6.07 Å². The van der Waals surface area contributed by atoms with Crippen LogP contribution in [0.3, 0.4) is 0 Å². The second-order valence-corrected chi connectivity index (χ2v) is 10.9. The Kier molecular flexibility index (Phi) is 25.1. The zero-order chi connectivity index (χ0) is 41.9. The fraction of sp³-hybridized carbons (Fsp3) is 0.270. The van der Waals surface area contributed by atoms with Gasteiger partial charge in [0.15, 0.2) is 0 Å². The second-order valence-electron chi connectivity index (χ2n) is 9.08. The minimum absolute atomic E-state index is 0.00292. The number of hydrogen-bond donors (Lipinski definition) is 2. The number of fused-ring (bicyclic) bond motifs is 1. The maximum atomic E-state index is 11.7. The van der Waals surface area contributed by atoms with Crippen molar-refractivity contribution >= 4 is 73.6 Å². The Morgan fingerprint density at radius 3 is 1.68 bits per heavy atom. The van der Waals surface area contributed by atoms with E-state index in [0.29, 0.717) is 28.4 Å². The minimum Gasteiger partial charge on any atom is -0.357 e. The van der Waals surface area contributed by atoms with Crippen molar-refractivity contribution in [1.82, 2.24) is 15.0 Å². The number of rotatable bonds is 6. The zero-order valence-electron chi connectivity index (χ0n) is 32.9. The van der Waals surface area contributed by atoms with Gasteiger partial charge in [-0.2, -0.15) is 23.6 Å². The first-order chi connectivity index (χ1) is 25.7. The fourth-order valence-electron chi connectivity index (χ4n) is 3.95. The highest BCUT2D eigenvalue weighted by atomic mass is 32.2. The lowest BCUT2D eigenvalue weighted by Crippen LogP contribution is -2.00. The lowest BCUT2D eigenvalue weighted by atomic mass is 9.98. The average Bonchev–Trinajstić information content (AvgIpc) is 3.17. The van der Waals surface area contributed by atoms with Crippen molar-refractivity contribution in [3.8, 4) is 0 Å². The van der Waals surface area contributed by atoms with Crippen LogP contribution in [-0.4, -0.2) is 61.0 Å². The molecule has 0 atom stereocenters. The Bertz CT molecular complexity index is 2110. The molecule has 0 aliphatic heterocycles. The molecule has 4 aromatic carbocycles. The van der Waals surface area contributed by atoms with Gasteiger partial charge in [0.25, 0.3) is 10.1 Å². The second kappa shape index (κ2) is 28.1. The molecule has 0 fully saturated rings. The Balaban J connectivity index is 0. The summed E-state index contributed by atoms with van der Waals surface area (Å²) in [6.45, 7) is 24.2. The first-order valence-corrected chi connectivity index (χ1v) is 18.8. The fourth-order valence-corrected chi connectivity index (χ4v) is 4.69. The van der Waals surface area contributed by atoms with E-state index in [2.05, 4.69) is 53.9 Å². The van der Waals surface area contributed by atoms with Crippen LogP contribution in [0, 0.1) is 20.8 Å². The van der Waals surface area contributed by atoms with Crippen molar-refractivity contribution in [2.24, 2.45) is 20.2 Å². The standard InChI is InChI=1S/C19H17N3O3S.C7H7N.C5H8N4.3C2H6.O3S/c1-12-16(22-21-15-7-5-4-6-8-15)10-9-14-11-17(26(23,24)25)19(20-3)13(2)18(12)14;1-8-7-5-3-2-4-6-7;1-4-7-3-8-5(6-2)9-4;3*1-2;1-4(2)3/h4-11H,3H2,1-2H3,(H,23,24,25);2-6H,1H2;3H,1-2H3,(H,6,7,8,9);3*1-2H3;/i;;3T;;;;. The number of aryl methyl sites for hydroxylation is 3. The Morgan fingerprint density at radius 1 is 0.755 bits per heavy atom. The third-order valence-corrected chi connectivity index (χ3v) is 6.85. The quantitative estimate of drug-likeness (QED) is 0.0949. The SMILES string of the molecule is C=Nc1c(S(=O)(=O)O)cc2ccc(N=Nc3ccccc3)c(C)c2c1C.C=Nc1ccccc1.CC.CC.CC.O=S(=O)=O.[3H]c1nc(C)nc(NC)n1. The molecule has 0 aliphatic carbocycles. The molecular formula is C37H50N8O6S2. The van der Waals surface area contributed by atoms with Crippen molar-refractivity contribution in [3.63, 3.8) is 0 Å². The first kappa shape index (κ1) is 47.4. The third-order valence-electron chi connectivity index (χ3n) is 5.98. The number of aromatic nitrogens is 3. The van der Waals surface area contributed by atoms with Crippen molar-refractivity contribution in [2.75, 3.05) is 12.4 Å². The number of aliphatic imine (C=N–C) groups is 2. The number of nitrogens with zero attached hydrogens (tertiary/aromatic N) is 7. The van der Waals surface area contributed by atoms with Crippen LogP contribution in [0.15, 0.2) is 110 Å². The summed E-state index contributed by atoms with van der Waals surface area (Å²) in [7, 11) is -5.81. The van der Waals surface area contributed by atoms with Crippen molar-refractivity contribution in [1.29, 1.82) is 0 Å². The molecule has 0 saturated carbocycles.